The quantitative estimate of drug-likeness (QED) is 0.162. The molecule has 0 bridgehead atoms. The third-order valence-corrected chi connectivity index (χ3v) is 13.5. The molecular formula is C60H40N2S. The van der Waals surface area contributed by atoms with E-state index < -0.39 is 0 Å². The van der Waals surface area contributed by atoms with Crippen molar-refractivity contribution in [2.45, 2.75) is 0 Å². The van der Waals surface area contributed by atoms with Crippen molar-refractivity contribution in [3.05, 3.63) is 237 Å². The minimum absolute atomic E-state index is 1.06. The SMILES string of the molecule is c1ccc(-c2cccc(-c3ccc4sc5cccc(-n6c7ccccc7c7c(Nc8cccc(-c9ccccc9-c9ccccc9)c8-c8ccccc8)cccc76)c5c4c3)c2)cc1. The highest BCUT2D eigenvalue weighted by molar-refractivity contribution is 7.25. The third-order valence-electron chi connectivity index (χ3n) is 12.4. The van der Waals surface area contributed by atoms with Gasteiger partial charge < -0.3 is 9.88 Å². The Balaban J connectivity index is 1.03. The van der Waals surface area contributed by atoms with Gasteiger partial charge in [0.15, 0.2) is 0 Å². The Morgan fingerprint density at radius 1 is 0.317 bits per heavy atom. The zero-order valence-corrected chi connectivity index (χ0v) is 35.2. The summed E-state index contributed by atoms with van der Waals surface area (Å²) >= 11 is 1.87. The molecule has 0 atom stereocenters. The molecule has 0 aliphatic carbocycles. The van der Waals surface area contributed by atoms with Crippen LogP contribution in [-0.2, 0) is 0 Å². The molecule has 1 N–H and O–H groups in total. The van der Waals surface area contributed by atoms with E-state index in [0.29, 0.717) is 0 Å². The smallest absolute Gasteiger partial charge is 0.0562 e. The van der Waals surface area contributed by atoms with Crippen LogP contribution >= 0.6 is 11.3 Å². The van der Waals surface area contributed by atoms with Crippen LogP contribution in [0.15, 0.2) is 237 Å². The molecule has 2 aromatic heterocycles. The number of nitrogens with zero attached hydrogens (tertiary/aromatic N) is 1. The summed E-state index contributed by atoms with van der Waals surface area (Å²) < 4.78 is 5.04. The molecule has 12 aromatic rings. The van der Waals surface area contributed by atoms with Crippen molar-refractivity contribution in [2.75, 3.05) is 5.32 Å². The van der Waals surface area contributed by atoms with Crippen molar-refractivity contribution in [1.82, 2.24) is 4.57 Å². The number of aromatic nitrogens is 1. The van der Waals surface area contributed by atoms with E-state index in [4.69, 9.17) is 0 Å². The summed E-state index contributed by atoms with van der Waals surface area (Å²) in [6, 6.07) is 85.8. The second-order valence-electron chi connectivity index (χ2n) is 16.1. The van der Waals surface area contributed by atoms with Gasteiger partial charge in [0.25, 0.3) is 0 Å². The largest absolute Gasteiger partial charge is 0.354 e. The number of nitrogens with one attached hydrogen (secondary N) is 1. The highest BCUT2D eigenvalue weighted by atomic mass is 32.1. The minimum atomic E-state index is 1.06. The third kappa shape index (κ3) is 6.41. The van der Waals surface area contributed by atoms with Gasteiger partial charge in [0.05, 0.1) is 16.7 Å². The summed E-state index contributed by atoms with van der Waals surface area (Å²) in [5.41, 5.74) is 17.6. The lowest BCUT2D eigenvalue weighted by Crippen LogP contribution is -1.98. The first-order valence-corrected chi connectivity index (χ1v) is 22.3. The Hall–Kier alpha value is -7.98. The highest BCUT2D eigenvalue weighted by Crippen LogP contribution is 2.46. The van der Waals surface area contributed by atoms with Gasteiger partial charge in [0.2, 0.25) is 0 Å². The van der Waals surface area contributed by atoms with Crippen LogP contribution in [0, 0.1) is 0 Å². The van der Waals surface area contributed by atoms with Gasteiger partial charge in [0, 0.05) is 47.9 Å². The average Bonchev–Trinajstić information content (AvgIpc) is 3.91. The fourth-order valence-electron chi connectivity index (χ4n) is 9.60. The first-order chi connectivity index (χ1) is 31.3. The Morgan fingerprint density at radius 3 is 1.70 bits per heavy atom. The lowest BCUT2D eigenvalue weighted by molar-refractivity contribution is 1.20. The van der Waals surface area contributed by atoms with Crippen LogP contribution in [0.3, 0.4) is 0 Å². The van der Waals surface area contributed by atoms with E-state index >= 15 is 0 Å². The molecule has 0 aliphatic heterocycles. The molecule has 0 radical (unpaired) electrons. The van der Waals surface area contributed by atoms with Crippen LogP contribution in [0.5, 0.6) is 0 Å². The number of hydrogen-bond acceptors (Lipinski definition) is 2. The van der Waals surface area contributed by atoms with E-state index in [0.717, 1.165) is 22.5 Å². The van der Waals surface area contributed by atoms with Crippen molar-refractivity contribution >= 4 is 64.7 Å². The minimum Gasteiger partial charge on any atom is -0.354 e. The van der Waals surface area contributed by atoms with Gasteiger partial charge >= 0.3 is 0 Å². The van der Waals surface area contributed by atoms with Crippen molar-refractivity contribution in [2.24, 2.45) is 0 Å². The van der Waals surface area contributed by atoms with E-state index in [1.807, 2.05) is 11.3 Å². The Labute approximate surface area is 370 Å². The summed E-state index contributed by atoms with van der Waals surface area (Å²) in [5, 5.41) is 8.98. The van der Waals surface area contributed by atoms with Crippen molar-refractivity contribution < 1.29 is 0 Å². The molecule has 2 nitrogen and oxygen atoms in total. The lowest BCUT2D eigenvalue weighted by Gasteiger charge is -2.20. The molecule has 0 unspecified atom stereocenters. The number of anilines is 2. The van der Waals surface area contributed by atoms with Gasteiger partial charge in [-0.25, -0.2) is 0 Å². The Morgan fingerprint density at radius 2 is 0.889 bits per heavy atom. The zero-order chi connectivity index (χ0) is 41.7. The van der Waals surface area contributed by atoms with Gasteiger partial charge in [0.1, 0.15) is 0 Å². The van der Waals surface area contributed by atoms with Crippen LogP contribution in [0.25, 0.3) is 103 Å². The monoisotopic (exact) mass is 820 g/mol. The predicted molar refractivity (Wildman–Crippen MR) is 271 cm³/mol. The molecular weight excluding hydrogens is 781 g/mol. The number of benzene rings is 10. The Bertz CT molecular complexity index is 3640. The predicted octanol–water partition coefficient (Wildman–Crippen LogP) is 17.2. The summed E-state index contributed by atoms with van der Waals surface area (Å²) in [7, 11) is 0. The van der Waals surface area contributed by atoms with Crippen molar-refractivity contribution in [3.8, 4) is 61.3 Å². The molecule has 0 amide bonds. The molecule has 10 aromatic carbocycles. The van der Waals surface area contributed by atoms with Crippen LogP contribution < -0.4 is 5.32 Å². The second kappa shape index (κ2) is 15.5. The van der Waals surface area contributed by atoms with E-state index in [1.54, 1.807) is 0 Å². The highest BCUT2D eigenvalue weighted by Gasteiger charge is 2.21. The normalized spacial score (nSPS) is 11.5. The fraction of sp³-hybridized carbons (Fsp3) is 0. The standard InChI is InChI=1S/C60H40N2S/c1-4-18-40(19-5-1)43-24-14-25-44(38-43)45-36-37-56-50(39-45)60-55(34-17-35-57(60)63-56)62-53-32-13-12-28-49(53)59-52(31-16-33-54(59)62)61-51-30-15-29-48(58(51)42-22-8-3-9-23-42)47-27-11-10-26-46(47)41-20-6-2-7-21-41/h1-39,61H. The summed E-state index contributed by atoms with van der Waals surface area (Å²) in [6.45, 7) is 0. The maximum absolute atomic E-state index is 4.03. The number of rotatable bonds is 8. The fourth-order valence-corrected chi connectivity index (χ4v) is 10.7. The molecule has 296 valence electrons. The van der Waals surface area contributed by atoms with Gasteiger partial charge in [-0.3, -0.25) is 0 Å². The van der Waals surface area contributed by atoms with Crippen molar-refractivity contribution in [1.29, 1.82) is 0 Å². The van der Waals surface area contributed by atoms with Crippen LogP contribution in [0.4, 0.5) is 11.4 Å². The van der Waals surface area contributed by atoms with Crippen LogP contribution in [-0.4, -0.2) is 4.57 Å². The molecule has 0 saturated heterocycles. The Kier molecular flexibility index (Phi) is 9.06. The number of para-hydroxylation sites is 1. The number of thiophene rings is 1. The number of hydrogen-bond donors (Lipinski definition) is 1. The van der Waals surface area contributed by atoms with Gasteiger partial charge in [-0.1, -0.05) is 182 Å². The molecule has 12 rings (SSSR count). The number of fused-ring (bicyclic) bond motifs is 6. The lowest BCUT2D eigenvalue weighted by atomic mass is 9.88. The first kappa shape index (κ1) is 36.8. The van der Waals surface area contributed by atoms with E-state index in [1.165, 1.54) is 92.2 Å². The maximum atomic E-state index is 4.03. The summed E-state index contributed by atoms with van der Waals surface area (Å²) in [5.74, 6) is 0. The topological polar surface area (TPSA) is 17.0 Å². The zero-order valence-electron chi connectivity index (χ0n) is 34.4. The molecule has 0 aliphatic rings. The molecule has 63 heavy (non-hydrogen) atoms. The molecule has 2 heterocycles. The van der Waals surface area contributed by atoms with Gasteiger partial charge in [-0.15, -0.1) is 11.3 Å². The van der Waals surface area contributed by atoms with Gasteiger partial charge in [-0.2, -0.15) is 0 Å². The van der Waals surface area contributed by atoms with Crippen LogP contribution in [0.1, 0.15) is 0 Å². The van der Waals surface area contributed by atoms with E-state index in [-0.39, 0.29) is 0 Å². The maximum Gasteiger partial charge on any atom is 0.0562 e. The second-order valence-corrected chi connectivity index (χ2v) is 17.2. The molecule has 0 spiro atoms. The van der Waals surface area contributed by atoms with E-state index in [9.17, 15) is 0 Å². The summed E-state index contributed by atoms with van der Waals surface area (Å²) in [4.78, 5) is 0. The molecule has 0 fully saturated rings. The molecule has 3 heteroatoms. The summed E-state index contributed by atoms with van der Waals surface area (Å²) in [6.07, 6.45) is 0. The van der Waals surface area contributed by atoms with E-state index in [2.05, 4.69) is 246 Å². The first-order valence-electron chi connectivity index (χ1n) is 21.5. The van der Waals surface area contributed by atoms with Crippen LogP contribution in [0.2, 0.25) is 0 Å². The average molecular weight is 821 g/mol. The van der Waals surface area contributed by atoms with Gasteiger partial charge in [-0.05, 0) is 105 Å². The van der Waals surface area contributed by atoms with Crippen molar-refractivity contribution in [3.63, 3.8) is 0 Å². The molecule has 0 saturated carbocycles.